The molecule has 0 aromatic heterocycles. The standard InChI is InChI=1S/C16H22N2O3/c1-11-6-7-12(17)10-13(11)14(19)18-16(15(20)21-2)8-4-3-5-9-16/h6-7,10H,3-5,8-9,17H2,1-2H3,(H,18,19). The lowest BCUT2D eigenvalue weighted by Crippen LogP contribution is -2.56. The molecule has 21 heavy (non-hydrogen) atoms. The first-order chi connectivity index (χ1) is 9.98. The predicted octanol–water partition coefficient (Wildman–Crippen LogP) is 2.18. The number of hydrogen-bond donors (Lipinski definition) is 2. The number of anilines is 1. The summed E-state index contributed by atoms with van der Waals surface area (Å²) in [5.74, 6) is -0.635. The highest BCUT2D eigenvalue weighted by Gasteiger charge is 2.42. The van der Waals surface area contributed by atoms with Gasteiger partial charge in [0.25, 0.3) is 5.91 Å². The maximum absolute atomic E-state index is 12.5. The van der Waals surface area contributed by atoms with Crippen molar-refractivity contribution in [3.8, 4) is 0 Å². The molecule has 0 unspecified atom stereocenters. The second kappa shape index (κ2) is 6.16. The number of hydrogen-bond acceptors (Lipinski definition) is 4. The number of benzene rings is 1. The van der Waals surface area contributed by atoms with Crippen LogP contribution in [0.25, 0.3) is 0 Å². The molecule has 1 saturated carbocycles. The highest BCUT2D eigenvalue weighted by molar-refractivity contribution is 5.99. The first kappa shape index (κ1) is 15.4. The zero-order chi connectivity index (χ0) is 15.5. The van der Waals surface area contributed by atoms with Crippen LogP contribution in [0, 0.1) is 6.92 Å². The SMILES string of the molecule is COC(=O)C1(NC(=O)c2cc(N)ccc2C)CCCCC1. The normalized spacial score (nSPS) is 17.0. The van der Waals surface area contributed by atoms with E-state index in [1.807, 2.05) is 6.92 Å². The lowest BCUT2D eigenvalue weighted by Gasteiger charge is -2.35. The van der Waals surface area contributed by atoms with E-state index in [4.69, 9.17) is 10.5 Å². The van der Waals surface area contributed by atoms with Gasteiger partial charge in [0.15, 0.2) is 0 Å². The minimum Gasteiger partial charge on any atom is -0.467 e. The Bertz CT molecular complexity index is 548. The van der Waals surface area contributed by atoms with Crippen LogP contribution >= 0.6 is 0 Å². The summed E-state index contributed by atoms with van der Waals surface area (Å²) in [4.78, 5) is 24.7. The van der Waals surface area contributed by atoms with Crippen LogP contribution in [0.15, 0.2) is 18.2 Å². The van der Waals surface area contributed by atoms with Crippen molar-refractivity contribution in [3.63, 3.8) is 0 Å². The number of carbonyl (C=O) groups is 2. The lowest BCUT2D eigenvalue weighted by molar-refractivity contribution is -0.149. The van der Waals surface area contributed by atoms with Crippen molar-refractivity contribution >= 4 is 17.6 Å². The largest absolute Gasteiger partial charge is 0.467 e. The van der Waals surface area contributed by atoms with Gasteiger partial charge in [-0.25, -0.2) is 4.79 Å². The molecule has 2 rings (SSSR count). The number of esters is 1. The summed E-state index contributed by atoms with van der Waals surface area (Å²) in [5, 5.41) is 2.90. The first-order valence-corrected chi connectivity index (χ1v) is 7.25. The zero-order valence-electron chi connectivity index (χ0n) is 12.6. The van der Waals surface area contributed by atoms with Crippen molar-refractivity contribution in [1.29, 1.82) is 0 Å². The van der Waals surface area contributed by atoms with Crippen LogP contribution < -0.4 is 11.1 Å². The van der Waals surface area contributed by atoms with E-state index < -0.39 is 5.54 Å². The third-order valence-electron chi connectivity index (χ3n) is 4.14. The summed E-state index contributed by atoms with van der Waals surface area (Å²) in [6, 6.07) is 5.19. The van der Waals surface area contributed by atoms with E-state index in [2.05, 4.69) is 5.32 Å². The molecule has 0 heterocycles. The molecule has 0 radical (unpaired) electrons. The Hall–Kier alpha value is -2.04. The number of nitrogens with two attached hydrogens (primary N) is 1. The summed E-state index contributed by atoms with van der Waals surface area (Å²) >= 11 is 0. The molecule has 0 atom stereocenters. The molecular formula is C16H22N2O3. The zero-order valence-corrected chi connectivity index (χ0v) is 12.6. The van der Waals surface area contributed by atoms with Gasteiger partial charge in [0.2, 0.25) is 0 Å². The maximum atomic E-state index is 12.5. The molecule has 1 aromatic carbocycles. The fraction of sp³-hybridized carbons (Fsp3) is 0.500. The summed E-state index contributed by atoms with van der Waals surface area (Å²) in [7, 11) is 1.36. The average Bonchev–Trinajstić information content (AvgIpc) is 2.49. The third-order valence-corrected chi connectivity index (χ3v) is 4.14. The second-order valence-electron chi connectivity index (χ2n) is 5.66. The van der Waals surface area contributed by atoms with E-state index in [0.717, 1.165) is 24.8 Å². The highest BCUT2D eigenvalue weighted by Crippen LogP contribution is 2.30. The van der Waals surface area contributed by atoms with Crippen molar-refractivity contribution in [2.45, 2.75) is 44.6 Å². The van der Waals surface area contributed by atoms with E-state index in [-0.39, 0.29) is 11.9 Å². The van der Waals surface area contributed by atoms with E-state index in [9.17, 15) is 9.59 Å². The Morgan fingerprint density at radius 1 is 1.24 bits per heavy atom. The van der Waals surface area contributed by atoms with Gasteiger partial charge in [-0.3, -0.25) is 4.79 Å². The van der Waals surface area contributed by atoms with Gasteiger partial charge < -0.3 is 15.8 Å². The Morgan fingerprint density at radius 2 is 1.90 bits per heavy atom. The Labute approximate surface area is 124 Å². The molecule has 0 aliphatic heterocycles. The van der Waals surface area contributed by atoms with E-state index in [1.165, 1.54) is 7.11 Å². The number of ether oxygens (including phenoxy) is 1. The van der Waals surface area contributed by atoms with Crippen LogP contribution in [0.3, 0.4) is 0 Å². The number of nitrogen functional groups attached to an aromatic ring is 1. The summed E-state index contributed by atoms with van der Waals surface area (Å²) in [6.07, 6.45) is 4.13. The lowest BCUT2D eigenvalue weighted by atomic mass is 9.81. The minimum absolute atomic E-state index is 0.271. The van der Waals surface area contributed by atoms with Crippen LogP contribution in [-0.4, -0.2) is 24.5 Å². The molecule has 5 heteroatoms. The van der Waals surface area contributed by atoms with Crippen LogP contribution in [0.2, 0.25) is 0 Å². The van der Waals surface area contributed by atoms with Crippen LogP contribution in [0.5, 0.6) is 0 Å². The second-order valence-corrected chi connectivity index (χ2v) is 5.66. The molecule has 1 aromatic rings. The quantitative estimate of drug-likeness (QED) is 0.660. The van der Waals surface area contributed by atoms with Crippen LogP contribution in [0.4, 0.5) is 5.69 Å². The smallest absolute Gasteiger partial charge is 0.331 e. The van der Waals surface area contributed by atoms with Crippen molar-refractivity contribution in [3.05, 3.63) is 29.3 Å². The molecule has 5 nitrogen and oxygen atoms in total. The van der Waals surface area contributed by atoms with E-state index >= 15 is 0 Å². The Morgan fingerprint density at radius 3 is 2.52 bits per heavy atom. The van der Waals surface area contributed by atoms with Gasteiger partial charge in [-0.1, -0.05) is 25.3 Å². The number of methoxy groups -OCH3 is 1. The van der Waals surface area contributed by atoms with Crippen LogP contribution in [0.1, 0.15) is 48.0 Å². The third kappa shape index (κ3) is 3.17. The monoisotopic (exact) mass is 290 g/mol. The summed E-state index contributed by atoms with van der Waals surface area (Å²) < 4.78 is 4.91. The highest BCUT2D eigenvalue weighted by atomic mass is 16.5. The molecule has 0 bridgehead atoms. The van der Waals surface area contributed by atoms with E-state index in [1.54, 1.807) is 18.2 Å². The maximum Gasteiger partial charge on any atom is 0.331 e. The molecule has 1 aliphatic rings. The van der Waals surface area contributed by atoms with E-state index in [0.29, 0.717) is 24.1 Å². The van der Waals surface area contributed by atoms with Gasteiger partial charge in [-0.05, 0) is 37.5 Å². The van der Waals surface area contributed by atoms with Gasteiger partial charge >= 0.3 is 5.97 Å². The topological polar surface area (TPSA) is 81.4 Å². The molecule has 3 N–H and O–H groups in total. The van der Waals surface area contributed by atoms with Gasteiger partial charge in [0, 0.05) is 11.3 Å². The molecule has 1 fully saturated rings. The summed E-state index contributed by atoms with van der Waals surface area (Å²) in [6.45, 7) is 1.85. The van der Waals surface area contributed by atoms with Crippen molar-refractivity contribution < 1.29 is 14.3 Å². The number of carbonyl (C=O) groups excluding carboxylic acids is 2. The Balaban J connectivity index is 2.26. The Kier molecular flexibility index (Phi) is 4.50. The number of rotatable bonds is 3. The average molecular weight is 290 g/mol. The summed E-state index contributed by atoms with van der Waals surface area (Å²) in [5.41, 5.74) is 6.71. The number of amides is 1. The number of aryl methyl sites for hydroxylation is 1. The van der Waals surface area contributed by atoms with Crippen LogP contribution in [-0.2, 0) is 9.53 Å². The van der Waals surface area contributed by atoms with Gasteiger partial charge in [-0.2, -0.15) is 0 Å². The molecule has 0 spiro atoms. The molecule has 114 valence electrons. The molecule has 1 aliphatic carbocycles. The van der Waals surface area contributed by atoms with Crippen molar-refractivity contribution in [2.75, 3.05) is 12.8 Å². The molecular weight excluding hydrogens is 268 g/mol. The molecule has 1 amide bonds. The van der Waals surface area contributed by atoms with Gasteiger partial charge in [0.1, 0.15) is 5.54 Å². The van der Waals surface area contributed by atoms with Gasteiger partial charge in [-0.15, -0.1) is 0 Å². The first-order valence-electron chi connectivity index (χ1n) is 7.25. The van der Waals surface area contributed by atoms with Crippen molar-refractivity contribution in [2.24, 2.45) is 0 Å². The fourth-order valence-electron chi connectivity index (χ4n) is 2.90. The predicted molar refractivity (Wildman–Crippen MR) is 80.9 cm³/mol. The van der Waals surface area contributed by atoms with Gasteiger partial charge in [0.05, 0.1) is 7.11 Å². The van der Waals surface area contributed by atoms with Crippen molar-refractivity contribution in [1.82, 2.24) is 5.32 Å². The fourth-order valence-corrected chi connectivity index (χ4v) is 2.90. The minimum atomic E-state index is -0.902. The molecule has 0 saturated heterocycles. The number of nitrogens with one attached hydrogen (secondary N) is 1.